The van der Waals surface area contributed by atoms with Crippen molar-refractivity contribution in [2.24, 2.45) is 5.92 Å². The van der Waals surface area contributed by atoms with Crippen molar-refractivity contribution in [2.75, 3.05) is 33.2 Å². The second-order valence-corrected chi connectivity index (χ2v) is 7.53. The van der Waals surface area contributed by atoms with Crippen molar-refractivity contribution in [1.82, 2.24) is 4.90 Å². The predicted octanol–water partition coefficient (Wildman–Crippen LogP) is 4.04. The Kier molecular flexibility index (Phi) is 7.39. The average Bonchev–Trinajstić information content (AvgIpc) is 3.13. The highest BCUT2D eigenvalue weighted by Gasteiger charge is 2.44. The van der Waals surface area contributed by atoms with Gasteiger partial charge in [-0.1, -0.05) is 25.5 Å². The molecule has 3 rings (SSSR count). The standard InChI is InChI=1S/C24H30N2O5/c1-5-6-13-26-22(27)15-19(23(26)16-7-10-18(29-2)11-8-16)24(28)25-17-9-12-20(30-3)21(14-17)31-4/h7-12,14,19,23H,5-6,13,15H2,1-4H3,(H,25,28). The van der Waals surface area contributed by atoms with Gasteiger partial charge in [0.05, 0.1) is 33.3 Å². The number of ether oxygens (including phenoxy) is 3. The molecule has 2 aromatic carbocycles. The number of anilines is 1. The Morgan fingerprint density at radius 1 is 1.03 bits per heavy atom. The van der Waals surface area contributed by atoms with Gasteiger partial charge in [-0.3, -0.25) is 9.59 Å². The lowest BCUT2D eigenvalue weighted by Gasteiger charge is -2.28. The first-order valence-corrected chi connectivity index (χ1v) is 10.5. The number of likely N-dealkylation sites (tertiary alicyclic amines) is 1. The molecule has 166 valence electrons. The Morgan fingerprint density at radius 2 is 1.74 bits per heavy atom. The normalized spacial score (nSPS) is 18.1. The first kappa shape index (κ1) is 22.5. The van der Waals surface area contributed by atoms with Crippen LogP contribution < -0.4 is 19.5 Å². The van der Waals surface area contributed by atoms with Gasteiger partial charge in [0.15, 0.2) is 11.5 Å². The van der Waals surface area contributed by atoms with Gasteiger partial charge in [0.2, 0.25) is 11.8 Å². The van der Waals surface area contributed by atoms with E-state index in [4.69, 9.17) is 14.2 Å². The summed E-state index contributed by atoms with van der Waals surface area (Å²) in [6.07, 6.45) is 2.05. The van der Waals surface area contributed by atoms with E-state index in [2.05, 4.69) is 12.2 Å². The van der Waals surface area contributed by atoms with Crippen LogP contribution >= 0.6 is 0 Å². The maximum atomic E-state index is 13.3. The molecule has 7 heteroatoms. The molecule has 0 bridgehead atoms. The summed E-state index contributed by atoms with van der Waals surface area (Å²) in [6, 6.07) is 12.5. The van der Waals surface area contributed by atoms with E-state index in [9.17, 15) is 9.59 Å². The van der Waals surface area contributed by atoms with Gasteiger partial charge >= 0.3 is 0 Å². The van der Waals surface area contributed by atoms with E-state index in [0.29, 0.717) is 23.7 Å². The van der Waals surface area contributed by atoms with Crippen LogP contribution in [0.4, 0.5) is 5.69 Å². The van der Waals surface area contributed by atoms with Crippen LogP contribution in [0.1, 0.15) is 37.8 Å². The Balaban J connectivity index is 1.87. The first-order chi connectivity index (χ1) is 15.0. The van der Waals surface area contributed by atoms with Crippen molar-refractivity contribution in [3.63, 3.8) is 0 Å². The average molecular weight is 427 g/mol. The summed E-state index contributed by atoms with van der Waals surface area (Å²) in [5, 5.41) is 2.95. The van der Waals surface area contributed by atoms with Gasteiger partial charge in [-0.25, -0.2) is 0 Å². The molecule has 2 aromatic rings. The lowest BCUT2D eigenvalue weighted by Crippen LogP contribution is -2.33. The molecule has 0 radical (unpaired) electrons. The molecule has 0 aromatic heterocycles. The third-order valence-corrected chi connectivity index (χ3v) is 5.63. The molecule has 1 saturated heterocycles. The summed E-state index contributed by atoms with van der Waals surface area (Å²) in [7, 11) is 4.72. The second kappa shape index (κ2) is 10.2. The van der Waals surface area contributed by atoms with E-state index < -0.39 is 5.92 Å². The largest absolute Gasteiger partial charge is 0.497 e. The van der Waals surface area contributed by atoms with Gasteiger partial charge in [0.25, 0.3) is 0 Å². The molecule has 0 aliphatic carbocycles. The van der Waals surface area contributed by atoms with Crippen molar-refractivity contribution in [2.45, 2.75) is 32.2 Å². The van der Waals surface area contributed by atoms with Gasteiger partial charge in [-0.15, -0.1) is 0 Å². The lowest BCUT2D eigenvalue weighted by molar-refractivity contribution is -0.129. The Morgan fingerprint density at radius 3 is 2.35 bits per heavy atom. The van der Waals surface area contributed by atoms with Crippen LogP contribution in [-0.4, -0.2) is 44.6 Å². The van der Waals surface area contributed by atoms with E-state index in [1.165, 1.54) is 0 Å². The fraction of sp³-hybridized carbons (Fsp3) is 0.417. The first-order valence-electron chi connectivity index (χ1n) is 10.5. The number of nitrogens with zero attached hydrogens (tertiary/aromatic N) is 1. The number of hydrogen-bond donors (Lipinski definition) is 1. The zero-order chi connectivity index (χ0) is 22.4. The van der Waals surface area contributed by atoms with Crippen LogP contribution in [0.3, 0.4) is 0 Å². The van der Waals surface area contributed by atoms with E-state index in [-0.39, 0.29) is 24.3 Å². The summed E-state index contributed by atoms with van der Waals surface area (Å²) in [6.45, 7) is 2.72. The number of methoxy groups -OCH3 is 3. The zero-order valence-corrected chi connectivity index (χ0v) is 18.5. The maximum absolute atomic E-state index is 13.3. The number of rotatable bonds is 9. The van der Waals surface area contributed by atoms with Crippen molar-refractivity contribution in [3.05, 3.63) is 48.0 Å². The number of nitrogens with one attached hydrogen (secondary N) is 1. The summed E-state index contributed by atoms with van der Waals surface area (Å²) in [5.74, 6) is 1.16. The molecule has 2 amide bonds. The van der Waals surface area contributed by atoms with E-state index in [0.717, 1.165) is 24.2 Å². The number of carbonyl (C=O) groups is 2. The SMILES string of the molecule is CCCCN1C(=O)CC(C(=O)Nc2ccc(OC)c(OC)c2)C1c1ccc(OC)cc1. The number of unbranched alkanes of at least 4 members (excludes halogenated alkanes) is 1. The maximum Gasteiger partial charge on any atom is 0.230 e. The minimum Gasteiger partial charge on any atom is -0.497 e. The highest BCUT2D eigenvalue weighted by molar-refractivity contribution is 5.98. The summed E-state index contributed by atoms with van der Waals surface area (Å²) >= 11 is 0. The van der Waals surface area contributed by atoms with Gasteiger partial charge in [-0.05, 0) is 36.2 Å². The quantitative estimate of drug-likeness (QED) is 0.655. The molecule has 7 nitrogen and oxygen atoms in total. The van der Waals surface area contributed by atoms with E-state index in [1.54, 1.807) is 39.5 Å². The van der Waals surface area contributed by atoms with Gasteiger partial charge in [-0.2, -0.15) is 0 Å². The summed E-state index contributed by atoms with van der Waals surface area (Å²) in [4.78, 5) is 27.9. The third-order valence-electron chi connectivity index (χ3n) is 5.63. The van der Waals surface area contributed by atoms with Crippen molar-refractivity contribution >= 4 is 17.5 Å². The molecule has 1 aliphatic heterocycles. The second-order valence-electron chi connectivity index (χ2n) is 7.53. The minimum atomic E-state index is -0.495. The van der Waals surface area contributed by atoms with Crippen molar-refractivity contribution in [1.29, 1.82) is 0 Å². The molecule has 2 unspecified atom stereocenters. The lowest BCUT2D eigenvalue weighted by atomic mass is 9.92. The summed E-state index contributed by atoms with van der Waals surface area (Å²) in [5.41, 5.74) is 1.52. The van der Waals surface area contributed by atoms with Crippen LogP contribution in [0, 0.1) is 5.92 Å². The smallest absolute Gasteiger partial charge is 0.230 e. The topological polar surface area (TPSA) is 77.1 Å². The van der Waals surface area contributed by atoms with E-state index in [1.807, 2.05) is 29.2 Å². The van der Waals surface area contributed by atoms with Crippen LogP contribution in [-0.2, 0) is 9.59 Å². The Bertz CT molecular complexity index is 913. The molecule has 1 N–H and O–H groups in total. The van der Waals surface area contributed by atoms with Crippen LogP contribution in [0.15, 0.2) is 42.5 Å². The molecule has 0 saturated carbocycles. The molecule has 31 heavy (non-hydrogen) atoms. The number of benzene rings is 2. The number of carbonyl (C=O) groups excluding carboxylic acids is 2. The monoisotopic (exact) mass is 426 g/mol. The van der Waals surface area contributed by atoms with E-state index >= 15 is 0 Å². The van der Waals surface area contributed by atoms with Gasteiger partial charge in [0, 0.05) is 24.7 Å². The van der Waals surface area contributed by atoms with Crippen LogP contribution in [0.2, 0.25) is 0 Å². The highest BCUT2D eigenvalue weighted by Crippen LogP contribution is 2.40. The Labute approximate surface area is 183 Å². The van der Waals surface area contributed by atoms with Crippen molar-refractivity contribution < 1.29 is 23.8 Å². The van der Waals surface area contributed by atoms with Crippen LogP contribution in [0.25, 0.3) is 0 Å². The van der Waals surface area contributed by atoms with Crippen LogP contribution in [0.5, 0.6) is 17.2 Å². The zero-order valence-electron chi connectivity index (χ0n) is 18.5. The number of amides is 2. The molecule has 1 aliphatic rings. The van der Waals surface area contributed by atoms with Gasteiger partial charge in [0.1, 0.15) is 5.75 Å². The summed E-state index contributed by atoms with van der Waals surface area (Å²) < 4.78 is 15.8. The van der Waals surface area contributed by atoms with Crippen molar-refractivity contribution in [3.8, 4) is 17.2 Å². The fourth-order valence-electron chi connectivity index (χ4n) is 3.98. The molecule has 2 atom stereocenters. The molecular weight excluding hydrogens is 396 g/mol. The molecular formula is C24H30N2O5. The molecule has 1 heterocycles. The fourth-order valence-corrected chi connectivity index (χ4v) is 3.98. The third kappa shape index (κ3) is 4.93. The minimum absolute atomic E-state index is 0.00160. The molecule has 1 fully saturated rings. The van der Waals surface area contributed by atoms with Gasteiger partial charge < -0.3 is 24.4 Å². The predicted molar refractivity (Wildman–Crippen MR) is 119 cm³/mol. The Hall–Kier alpha value is -3.22. The highest BCUT2D eigenvalue weighted by atomic mass is 16.5. The number of hydrogen-bond acceptors (Lipinski definition) is 5. The molecule has 0 spiro atoms.